The van der Waals surface area contributed by atoms with Crippen LogP contribution >= 0.6 is 12.2 Å². The van der Waals surface area contributed by atoms with Crippen LogP contribution in [0.5, 0.6) is 0 Å². The Balaban J connectivity index is 1.63. The van der Waals surface area contributed by atoms with Gasteiger partial charge in [0.1, 0.15) is 0 Å². The van der Waals surface area contributed by atoms with Crippen LogP contribution in [0.3, 0.4) is 0 Å². The average molecular weight is 586 g/mol. The molecule has 0 spiro atoms. The van der Waals surface area contributed by atoms with Crippen molar-refractivity contribution in [3.8, 4) is 5.69 Å². The molecule has 1 fully saturated rings. The normalized spacial score (nSPS) is 17.6. The Morgan fingerprint density at radius 2 is 1.70 bits per heavy atom. The van der Waals surface area contributed by atoms with Crippen molar-refractivity contribution in [2.45, 2.75) is 32.1 Å². The Bertz CT molecular complexity index is 1670. The van der Waals surface area contributed by atoms with Crippen molar-refractivity contribution in [3.05, 3.63) is 107 Å². The average Bonchev–Trinajstić information content (AvgIpc) is 3.38. The fourth-order valence-electron chi connectivity index (χ4n) is 5.16. The molecule has 12 heteroatoms. The molecule has 0 aliphatic carbocycles. The van der Waals surface area contributed by atoms with E-state index >= 15 is 0 Å². The number of anilines is 2. The van der Waals surface area contributed by atoms with Crippen molar-refractivity contribution >= 4 is 38.7 Å². The molecule has 2 N–H and O–H groups in total. The molecule has 3 heterocycles. The number of pyridine rings is 1. The topological polar surface area (TPSA) is 79.3 Å². The number of hydrogen-bond acceptors (Lipinski definition) is 4. The first kappa shape index (κ1) is 27.7. The maximum absolute atomic E-state index is 13.5. The predicted octanol–water partition coefficient (Wildman–Crippen LogP) is 6.06. The van der Waals surface area contributed by atoms with Gasteiger partial charge in [-0.3, -0.25) is 9.71 Å². The van der Waals surface area contributed by atoms with Crippen molar-refractivity contribution in [1.29, 1.82) is 0 Å². The molecule has 0 bridgehead atoms. The minimum absolute atomic E-state index is 0.363. The van der Waals surface area contributed by atoms with Crippen LogP contribution in [0, 0.1) is 13.8 Å². The second-order valence-electron chi connectivity index (χ2n) is 9.63. The lowest BCUT2D eigenvalue weighted by molar-refractivity contribution is -0.137. The van der Waals surface area contributed by atoms with Crippen LogP contribution in [0.2, 0.25) is 0 Å². The van der Waals surface area contributed by atoms with Crippen molar-refractivity contribution in [2.75, 3.05) is 15.9 Å². The lowest BCUT2D eigenvalue weighted by Gasteiger charge is -2.28. The van der Waals surface area contributed by atoms with E-state index in [1.165, 1.54) is 6.07 Å². The molecule has 2 aromatic carbocycles. The highest BCUT2D eigenvalue weighted by Crippen LogP contribution is 2.44. The van der Waals surface area contributed by atoms with Crippen molar-refractivity contribution in [1.82, 2.24) is 14.9 Å². The zero-order valence-electron chi connectivity index (χ0n) is 21.8. The molecule has 1 aliphatic heterocycles. The van der Waals surface area contributed by atoms with Gasteiger partial charge in [0, 0.05) is 34.6 Å². The van der Waals surface area contributed by atoms with E-state index < -0.39 is 27.8 Å². The summed E-state index contributed by atoms with van der Waals surface area (Å²) in [5.41, 5.74) is 3.92. The minimum atomic E-state index is -4.46. The number of aromatic nitrogens is 2. The summed E-state index contributed by atoms with van der Waals surface area (Å²) in [5.74, 6) is 0. The van der Waals surface area contributed by atoms with Gasteiger partial charge in [0.2, 0.25) is 10.0 Å². The molecular weight excluding hydrogens is 559 g/mol. The Morgan fingerprint density at radius 3 is 2.33 bits per heavy atom. The van der Waals surface area contributed by atoms with Crippen LogP contribution in [-0.2, 0) is 16.2 Å². The van der Waals surface area contributed by atoms with Crippen LogP contribution in [0.15, 0.2) is 79.0 Å². The van der Waals surface area contributed by atoms with E-state index in [0.29, 0.717) is 22.2 Å². The van der Waals surface area contributed by atoms with Crippen LogP contribution in [0.1, 0.15) is 40.3 Å². The third kappa shape index (κ3) is 5.41. The Labute approximate surface area is 235 Å². The Kier molecular flexibility index (Phi) is 7.09. The number of benzene rings is 2. The monoisotopic (exact) mass is 585 g/mol. The fraction of sp³-hybridized carbons (Fsp3) is 0.214. The van der Waals surface area contributed by atoms with Crippen LogP contribution in [-0.4, -0.2) is 29.3 Å². The quantitative estimate of drug-likeness (QED) is 0.268. The second kappa shape index (κ2) is 10.3. The van der Waals surface area contributed by atoms with E-state index in [9.17, 15) is 21.6 Å². The molecule has 2 aromatic heterocycles. The van der Waals surface area contributed by atoms with Crippen LogP contribution in [0.4, 0.5) is 24.5 Å². The summed E-state index contributed by atoms with van der Waals surface area (Å²) < 4.78 is 68.1. The number of thiocarbonyl (C=S) groups is 1. The Morgan fingerprint density at radius 1 is 0.975 bits per heavy atom. The standard InChI is InChI=1S/C28H26F3N5O2S2/c1-17-15-23(18(2)35(17)22-8-6-7-19(16-22)28(29,30)31)26-25(24-9-4-5-14-32-24)33-27(39)36(26)21-12-10-20(11-13-21)34-40(3,37)38/h4-16,25-26,34H,1-3H3,(H,33,39)/t25-,26+/m1/s1. The number of halogens is 3. The molecule has 5 rings (SSSR count). The van der Waals surface area contributed by atoms with Crippen LogP contribution < -0.4 is 14.9 Å². The first-order chi connectivity index (χ1) is 18.8. The summed E-state index contributed by atoms with van der Waals surface area (Å²) in [6, 6.07) is 18.9. The van der Waals surface area contributed by atoms with Crippen LogP contribution in [0.25, 0.3) is 5.69 Å². The molecule has 0 amide bonds. The lowest BCUT2D eigenvalue weighted by atomic mass is 9.96. The largest absolute Gasteiger partial charge is 0.416 e. The molecule has 0 radical (unpaired) electrons. The van der Waals surface area contributed by atoms with Gasteiger partial charge in [-0.25, -0.2) is 8.42 Å². The van der Waals surface area contributed by atoms with E-state index in [2.05, 4.69) is 15.0 Å². The lowest BCUT2D eigenvalue weighted by Crippen LogP contribution is -2.29. The number of sulfonamides is 1. The number of hydrogen-bond donors (Lipinski definition) is 2. The SMILES string of the molecule is Cc1cc([C@H]2[C@@H](c3ccccn3)NC(=S)N2c2ccc(NS(C)(=O)=O)cc2)c(C)n1-c1cccc(C(F)(F)F)c1. The summed E-state index contributed by atoms with van der Waals surface area (Å²) in [6.07, 6.45) is -1.69. The molecule has 1 saturated heterocycles. The van der Waals surface area contributed by atoms with Crippen molar-refractivity contribution in [2.24, 2.45) is 0 Å². The maximum atomic E-state index is 13.5. The van der Waals surface area contributed by atoms with E-state index in [-0.39, 0.29) is 6.04 Å². The highest BCUT2D eigenvalue weighted by molar-refractivity contribution is 7.92. The molecule has 2 atom stereocenters. The molecular formula is C28H26F3N5O2S2. The van der Waals surface area contributed by atoms with Gasteiger partial charge < -0.3 is 14.8 Å². The number of aryl methyl sites for hydroxylation is 1. The predicted molar refractivity (Wildman–Crippen MR) is 153 cm³/mol. The summed E-state index contributed by atoms with van der Waals surface area (Å²) in [5, 5.41) is 3.81. The van der Waals surface area contributed by atoms with E-state index in [4.69, 9.17) is 12.2 Å². The van der Waals surface area contributed by atoms with Gasteiger partial charge >= 0.3 is 6.18 Å². The number of rotatable bonds is 6. The third-order valence-electron chi connectivity index (χ3n) is 6.77. The Hall–Kier alpha value is -3.90. The van der Waals surface area contributed by atoms with Gasteiger partial charge in [-0.2, -0.15) is 13.2 Å². The van der Waals surface area contributed by atoms with Gasteiger partial charge in [-0.05, 0) is 92.3 Å². The fourth-order valence-corrected chi connectivity index (χ4v) is 6.07. The molecule has 1 aliphatic rings. The van der Waals surface area contributed by atoms with E-state index in [1.54, 1.807) is 41.1 Å². The number of nitrogens with one attached hydrogen (secondary N) is 2. The van der Waals surface area contributed by atoms with Gasteiger partial charge in [-0.15, -0.1) is 0 Å². The van der Waals surface area contributed by atoms with E-state index in [1.807, 2.05) is 43.0 Å². The zero-order valence-corrected chi connectivity index (χ0v) is 23.4. The minimum Gasteiger partial charge on any atom is -0.351 e. The van der Waals surface area contributed by atoms with Gasteiger partial charge in [-0.1, -0.05) is 12.1 Å². The van der Waals surface area contributed by atoms with Gasteiger partial charge in [0.25, 0.3) is 0 Å². The summed E-state index contributed by atoms with van der Waals surface area (Å²) in [7, 11) is -3.45. The molecule has 7 nitrogen and oxygen atoms in total. The summed E-state index contributed by atoms with van der Waals surface area (Å²) in [4.78, 5) is 6.48. The van der Waals surface area contributed by atoms with E-state index in [0.717, 1.165) is 41.0 Å². The summed E-state index contributed by atoms with van der Waals surface area (Å²) in [6.45, 7) is 3.72. The molecule has 4 aromatic rings. The molecule has 208 valence electrons. The van der Waals surface area contributed by atoms with Gasteiger partial charge in [0.05, 0.1) is 29.6 Å². The summed E-state index contributed by atoms with van der Waals surface area (Å²) >= 11 is 5.78. The molecule has 0 unspecified atom stereocenters. The second-order valence-corrected chi connectivity index (χ2v) is 11.8. The zero-order chi connectivity index (χ0) is 28.8. The van der Waals surface area contributed by atoms with Crippen molar-refractivity contribution in [3.63, 3.8) is 0 Å². The first-order valence-corrected chi connectivity index (χ1v) is 14.6. The first-order valence-electron chi connectivity index (χ1n) is 12.3. The highest BCUT2D eigenvalue weighted by Gasteiger charge is 2.42. The number of nitrogens with zero attached hydrogens (tertiary/aromatic N) is 3. The molecule has 0 saturated carbocycles. The smallest absolute Gasteiger partial charge is 0.351 e. The maximum Gasteiger partial charge on any atom is 0.416 e. The molecule has 40 heavy (non-hydrogen) atoms. The highest BCUT2D eigenvalue weighted by atomic mass is 32.2. The number of alkyl halides is 3. The van der Waals surface area contributed by atoms with Crippen molar-refractivity contribution < 1.29 is 21.6 Å². The van der Waals surface area contributed by atoms with Gasteiger partial charge in [0.15, 0.2) is 5.11 Å². The third-order valence-corrected chi connectivity index (χ3v) is 7.69.